The summed E-state index contributed by atoms with van der Waals surface area (Å²) in [6.07, 6.45) is 4.85. The summed E-state index contributed by atoms with van der Waals surface area (Å²) in [6.45, 7) is 4.72. The Balaban J connectivity index is 1.69. The fraction of sp³-hybridized carbons (Fsp3) is 0.588. The highest BCUT2D eigenvalue weighted by atomic mass is 16.5. The molecule has 1 aromatic rings. The molecule has 0 radical (unpaired) electrons. The van der Waals surface area contributed by atoms with Gasteiger partial charge < -0.3 is 15.4 Å². The van der Waals surface area contributed by atoms with Gasteiger partial charge in [0.1, 0.15) is 0 Å². The summed E-state index contributed by atoms with van der Waals surface area (Å²) in [7, 11) is 0. The smallest absolute Gasteiger partial charge is 0.192 e. The Hall–Kier alpha value is -1.55. The summed E-state index contributed by atoms with van der Waals surface area (Å²) in [4.78, 5) is 6.92. The van der Waals surface area contributed by atoms with Gasteiger partial charge in [0, 0.05) is 13.2 Å². The zero-order valence-electron chi connectivity index (χ0n) is 12.6. The average molecular weight is 285 g/mol. The van der Waals surface area contributed by atoms with Crippen LogP contribution in [0.2, 0.25) is 0 Å². The van der Waals surface area contributed by atoms with Crippen molar-refractivity contribution < 1.29 is 4.74 Å². The number of fused-ring (bicyclic) bond motifs is 2. The van der Waals surface area contributed by atoms with Crippen molar-refractivity contribution in [3.63, 3.8) is 0 Å². The molecular weight excluding hydrogens is 262 g/mol. The third kappa shape index (κ3) is 1.96. The molecule has 4 heteroatoms. The van der Waals surface area contributed by atoms with E-state index < -0.39 is 0 Å². The van der Waals surface area contributed by atoms with Gasteiger partial charge in [0.15, 0.2) is 5.96 Å². The number of nitrogens with zero attached hydrogens (tertiary/aromatic N) is 2. The molecule has 2 heterocycles. The quantitative estimate of drug-likeness (QED) is 0.903. The monoisotopic (exact) mass is 285 g/mol. The second-order valence-electron chi connectivity index (χ2n) is 6.61. The number of guanidine groups is 1. The van der Waals surface area contributed by atoms with Crippen LogP contribution >= 0.6 is 0 Å². The van der Waals surface area contributed by atoms with Crippen molar-refractivity contribution in [2.45, 2.75) is 44.2 Å². The Morgan fingerprint density at radius 1 is 1.48 bits per heavy atom. The molecule has 0 bridgehead atoms. The molecule has 2 aliphatic heterocycles. The summed E-state index contributed by atoms with van der Waals surface area (Å²) >= 11 is 0. The molecule has 1 spiro atoms. The fourth-order valence-corrected chi connectivity index (χ4v) is 4.12. The van der Waals surface area contributed by atoms with Gasteiger partial charge in [-0.05, 0) is 43.7 Å². The molecule has 0 aromatic heterocycles. The molecular formula is C17H23N3O. The van der Waals surface area contributed by atoms with Crippen molar-refractivity contribution in [3.05, 3.63) is 34.9 Å². The Kier molecular flexibility index (Phi) is 2.96. The van der Waals surface area contributed by atoms with Gasteiger partial charge in [-0.3, -0.25) is 4.99 Å². The van der Waals surface area contributed by atoms with Crippen LogP contribution in [0.4, 0.5) is 0 Å². The standard InChI is InChI=1S/C17H23N3O/c1-12-4-5-13-6-7-17(15(13)9-12)11-19-16(18)20(17)10-14-3-2-8-21-14/h4-5,9,14H,2-3,6-8,10-11H2,1H3,(H2,18,19). The van der Waals surface area contributed by atoms with E-state index in [2.05, 4.69) is 35.0 Å². The van der Waals surface area contributed by atoms with Crippen molar-refractivity contribution in [1.82, 2.24) is 4.90 Å². The van der Waals surface area contributed by atoms with E-state index in [0.717, 1.165) is 45.4 Å². The lowest BCUT2D eigenvalue weighted by molar-refractivity contribution is 0.0648. The van der Waals surface area contributed by atoms with E-state index in [0.29, 0.717) is 12.1 Å². The van der Waals surface area contributed by atoms with Crippen LogP contribution in [-0.2, 0) is 16.7 Å². The third-order valence-electron chi connectivity index (χ3n) is 5.28. The second kappa shape index (κ2) is 4.73. The summed E-state index contributed by atoms with van der Waals surface area (Å²) in [6, 6.07) is 6.82. The number of hydrogen-bond donors (Lipinski definition) is 1. The zero-order valence-corrected chi connectivity index (χ0v) is 12.6. The summed E-state index contributed by atoms with van der Waals surface area (Å²) < 4.78 is 5.83. The molecule has 1 aliphatic carbocycles. The molecule has 2 N–H and O–H groups in total. The Bertz CT molecular complexity index is 592. The van der Waals surface area contributed by atoms with E-state index in [1.54, 1.807) is 0 Å². The number of rotatable bonds is 2. The van der Waals surface area contributed by atoms with Crippen molar-refractivity contribution in [1.29, 1.82) is 0 Å². The lowest BCUT2D eigenvalue weighted by atomic mass is 9.89. The molecule has 1 aromatic carbocycles. The first kappa shape index (κ1) is 13.1. The zero-order chi connectivity index (χ0) is 14.4. The van der Waals surface area contributed by atoms with Crippen LogP contribution in [-0.4, -0.2) is 36.7 Å². The van der Waals surface area contributed by atoms with E-state index in [4.69, 9.17) is 10.5 Å². The van der Waals surface area contributed by atoms with Crippen LogP contribution in [0.1, 0.15) is 36.0 Å². The molecule has 21 heavy (non-hydrogen) atoms. The van der Waals surface area contributed by atoms with Crippen LogP contribution < -0.4 is 5.73 Å². The number of nitrogens with two attached hydrogens (primary N) is 1. The van der Waals surface area contributed by atoms with Crippen molar-refractivity contribution in [2.75, 3.05) is 19.7 Å². The van der Waals surface area contributed by atoms with E-state index in [1.807, 2.05) is 0 Å². The average Bonchev–Trinajstić information content (AvgIpc) is 3.17. The van der Waals surface area contributed by atoms with Crippen molar-refractivity contribution in [2.24, 2.45) is 10.7 Å². The highest BCUT2D eigenvalue weighted by Crippen LogP contribution is 2.45. The van der Waals surface area contributed by atoms with E-state index in [1.165, 1.54) is 16.7 Å². The Morgan fingerprint density at radius 2 is 2.38 bits per heavy atom. The number of aryl methyl sites for hydroxylation is 2. The van der Waals surface area contributed by atoms with Crippen LogP contribution in [0.25, 0.3) is 0 Å². The molecule has 0 amide bonds. The first-order valence-electron chi connectivity index (χ1n) is 7.98. The van der Waals surface area contributed by atoms with Crippen molar-refractivity contribution >= 4 is 5.96 Å². The predicted molar refractivity (Wildman–Crippen MR) is 83.3 cm³/mol. The van der Waals surface area contributed by atoms with E-state index in [9.17, 15) is 0 Å². The Morgan fingerprint density at radius 3 is 3.19 bits per heavy atom. The van der Waals surface area contributed by atoms with Gasteiger partial charge in [0.25, 0.3) is 0 Å². The first-order valence-corrected chi connectivity index (χ1v) is 7.98. The molecule has 1 saturated heterocycles. The van der Waals surface area contributed by atoms with Gasteiger partial charge in [-0.25, -0.2) is 0 Å². The lowest BCUT2D eigenvalue weighted by Gasteiger charge is -2.38. The van der Waals surface area contributed by atoms with Crippen molar-refractivity contribution in [3.8, 4) is 0 Å². The van der Waals surface area contributed by atoms with Gasteiger partial charge in [0.2, 0.25) is 0 Å². The highest BCUT2D eigenvalue weighted by molar-refractivity contribution is 5.82. The normalized spacial score (nSPS) is 31.0. The maximum absolute atomic E-state index is 6.23. The molecule has 3 aliphatic rings. The predicted octanol–water partition coefficient (Wildman–Crippen LogP) is 1.95. The molecule has 4 rings (SSSR count). The van der Waals surface area contributed by atoms with Gasteiger partial charge >= 0.3 is 0 Å². The molecule has 112 valence electrons. The molecule has 0 saturated carbocycles. The number of benzene rings is 1. The minimum absolute atomic E-state index is 0.0165. The molecule has 1 fully saturated rings. The van der Waals surface area contributed by atoms with Gasteiger partial charge in [-0.2, -0.15) is 0 Å². The van der Waals surface area contributed by atoms with Crippen LogP contribution in [0.3, 0.4) is 0 Å². The highest BCUT2D eigenvalue weighted by Gasteiger charge is 2.48. The lowest BCUT2D eigenvalue weighted by Crippen LogP contribution is -2.51. The van der Waals surface area contributed by atoms with Crippen LogP contribution in [0.15, 0.2) is 23.2 Å². The molecule has 2 atom stereocenters. The number of ether oxygens (including phenoxy) is 1. The second-order valence-corrected chi connectivity index (χ2v) is 6.61. The van der Waals surface area contributed by atoms with Gasteiger partial charge in [-0.1, -0.05) is 23.8 Å². The van der Waals surface area contributed by atoms with Gasteiger partial charge in [-0.15, -0.1) is 0 Å². The first-order chi connectivity index (χ1) is 10.2. The topological polar surface area (TPSA) is 50.8 Å². The Labute approximate surface area is 126 Å². The SMILES string of the molecule is Cc1ccc2c(c1)C1(CC2)CN=C(N)N1CC1CCCO1. The van der Waals surface area contributed by atoms with Gasteiger partial charge in [0.05, 0.1) is 18.2 Å². The maximum Gasteiger partial charge on any atom is 0.192 e. The van der Waals surface area contributed by atoms with E-state index >= 15 is 0 Å². The molecule has 2 unspecified atom stereocenters. The molecule has 4 nitrogen and oxygen atoms in total. The number of hydrogen-bond acceptors (Lipinski definition) is 4. The van der Waals surface area contributed by atoms with Crippen LogP contribution in [0.5, 0.6) is 0 Å². The fourth-order valence-electron chi connectivity index (χ4n) is 4.12. The summed E-state index contributed by atoms with van der Waals surface area (Å²) in [5, 5.41) is 0. The number of aliphatic imine (C=N–C) groups is 1. The summed E-state index contributed by atoms with van der Waals surface area (Å²) in [5.74, 6) is 0.694. The summed E-state index contributed by atoms with van der Waals surface area (Å²) in [5.41, 5.74) is 10.4. The minimum atomic E-state index is -0.0165. The van der Waals surface area contributed by atoms with E-state index in [-0.39, 0.29) is 5.54 Å². The van der Waals surface area contributed by atoms with Crippen LogP contribution in [0, 0.1) is 6.92 Å². The minimum Gasteiger partial charge on any atom is -0.376 e. The third-order valence-corrected chi connectivity index (χ3v) is 5.28. The maximum atomic E-state index is 6.23. The largest absolute Gasteiger partial charge is 0.376 e.